The van der Waals surface area contributed by atoms with Gasteiger partial charge in [0.1, 0.15) is 0 Å². The Labute approximate surface area is 104 Å². The van der Waals surface area contributed by atoms with Crippen LogP contribution < -0.4 is 4.90 Å². The van der Waals surface area contributed by atoms with Gasteiger partial charge in [0.15, 0.2) is 0 Å². The first-order valence-corrected chi connectivity index (χ1v) is 6.43. The molecule has 0 amide bonds. The standard InChI is InChI=1S/C15H23NO/c1-11-5-6-14(12(2)9-11)16-8-7-13(17)10-15(16,3)4/h5-6,9,13,17H,7-8,10H2,1-4H3. The van der Waals surface area contributed by atoms with Crippen molar-refractivity contribution in [2.75, 3.05) is 11.4 Å². The molecule has 2 nitrogen and oxygen atoms in total. The molecule has 1 aromatic carbocycles. The maximum atomic E-state index is 9.80. The maximum absolute atomic E-state index is 9.80. The van der Waals surface area contributed by atoms with Gasteiger partial charge >= 0.3 is 0 Å². The fourth-order valence-electron chi connectivity index (χ4n) is 2.92. The van der Waals surface area contributed by atoms with Crippen LogP contribution in [0.15, 0.2) is 18.2 Å². The summed E-state index contributed by atoms with van der Waals surface area (Å²) in [6.07, 6.45) is 1.57. The molecule has 2 heteroatoms. The number of aliphatic hydroxyl groups is 1. The molecule has 2 rings (SSSR count). The molecule has 1 N–H and O–H groups in total. The fraction of sp³-hybridized carbons (Fsp3) is 0.600. The van der Waals surface area contributed by atoms with Gasteiger partial charge < -0.3 is 10.0 Å². The fourth-order valence-corrected chi connectivity index (χ4v) is 2.92. The largest absolute Gasteiger partial charge is 0.393 e. The highest BCUT2D eigenvalue weighted by molar-refractivity contribution is 5.56. The Morgan fingerprint density at radius 1 is 1.29 bits per heavy atom. The summed E-state index contributed by atoms with van der Waals surface area (Å²) in [5, 5.41) is 9.80. The van der Waals surface area contributed by atoms with E-state index >= 15 is 0 Å². The van der Waals surface area contributed by atoms with Crippen molar-refractivity contribution in [3.05, 3.63) is 29.3 Å². The minimum atomic E-state index is -0.146. The molecule has 0 aliphatic carbocycles. The van der Waals surface area contributed by atoms with Crippen LogP contribution in [-0.2, 0) is 0 Å². The van der Waals surface area contributed by atoms with Crippen molar-refractivity contribution in [2.24, 2.45) is 0 Å². The number of aryl methyl sites for hydroxylation is 2. The van der Waals surface area contributed by atoms with Gasteiger partial charge in [0, 0.05) is 17.8 Å². The molecule has 1 fully saturated rings. The number of nitrogens with zero attached hydrogens (tertiary/aromatic N) is 1. The van der Waals surface area contributed by atoms with E-state index in [1.807, 2.05) is 0 Å². The smallest absolute Gasteiger partial charge is 0.0579 e. The zero-order valence-electron chi connectivity index (χ0n) is 11.3. The second kappa shape index (κ2) is 4.34. The highest BCUT2D eigenvalue weighted by Crippen LogP contribution is 2.34. The maximum Gasteiger partial charge on any atom is 0.0579 e. The van der Waals surface area contributed by atoms with Crippen LogP contribution in [-0.4, -0.2) is 23.3 Å². The molecule has 1 atom stereocenters. The van der Waals surface area contributed by atoms with E-state index in [1.165, 1.54) is 16.8 Å². The molecule has 1 aliphatic rings. The summed E-state index contributed by atoms with van der Waals surface area (Å²) < 4.78 is 0. The third kappa shape index (κ3) is 2.47. The van der Waals surface area contributed by atoms with E-state index in [-0.39, 0.29) is 11.6 Å². The first-order chi connectivity index (χ1) is 7.90. The van der Waals surface area contributed by atoms with Crippen LogP contribution in [0.2, 0.25) is 0 Å². The molecule has 0 radical (unpaired) electrons. The molecule has 0 aromatic heterocycles. The number of hydrogen-bond donors (Lipinski definition) is 1. The number of rotatable bonds is 1. The average Bonchev–Trinajstić information content (AvgIpc) is 2.18. The molecular formula is C15H23NO. The van der Waals surface area contributed by atoms with E-state index in [4.69, 9.17) is 0 Å². The van der Waals surface area contributed by atoms with E-state index in [9.17, 15) is 5.11 Å². The molecule has 94 valence electrons. The Morgan fingerprint density at radius 2 is 2.00 bits per heavy atom. The lowest BCUT2D eigenvalue weighted by Gasteiger charge is -2.46. The van der Waals surface area contributed by atoms with Gasteiger partial charge in [-0.15, -0.1) is 0 Å². The predicted molar refractivity (Wildman–Crippen MR) is 72.6 cm³/mol. The van der Waals surface area contributed by atoms with Gasteiger partial charge in [0.25, 0.3) is 0 Å². The van der Waals surface area contributed by atoms with Crippen LogP contribution in [0.25, 0.3) is 0 Å². The van der Waals surface area contributed by atoms with Crippen molar-refractivity contribution in [3.8, 4) is 0 Å². The van der Waals surface area contributed by atoms with Gasteiger partial charge in [-0.05, 0) is 52.2 Å². The quantitative estimate of drug-likeness (QED) is 0.806. The van der Waals surface area contributed by atoms with Gasteiger partial charge in [0.2, 0.25) is 0 Å². The van der Waals surface area contributed by atoms with Crippen molar-refractivity contribution >= 4 is 5.69 Å². The summed E-state index contributed by atoms with van der Waals surface area (Å²) in [7, 11) is 0. The Hall–Kier alpha value is -1.02. The van der Waals surface area contributed by atoms with Crippen molar-refractivity contribution in [1.82, 2.24) is 0 Å². The monoisotopic (exact) mass is 233 g/mol. The normalized spacial score (nSPS) is 23.8. The van der Waals surface area contributed by atoms with Crippen LogP contribution in [0.4, 0.5) is 5.69 Å². The van der Waals surface area contributed by atoms with E-state index in [1.54, 1.807) is 0 Å². The Balaban J connectivity index is 2.33. The highest BCUT2D eigenvalue weighted by Gasteiger charge is 2.34. The van der Waals surface area contributed by atoms with Crippen molar-refractivity contribution in [2.45, 2.75) is 52.2 Å². The number of anilines is 1. The van der Waals surface area contributed by atoms with Crippen molar-refractivity contribution < 1.29 is 5.11 Å². The first kappa shape index (κ1) is 12.4. The minimum absolute atomic E-state index is 0.0394. The number of hydrogen-bond acceptors (Lipinski definition) is 2. The minimum Gasteiger partial charge on any atom is -0.393 e. The van der Waals surface area contributed by atoms with Gasteiger partial charge in [-0.2, -0.15) is 0 Å². The molecule has 1 aliphatic heterocycles. The van der Waals surface area contributed by atoms with Gasteiger partial charge in [-0.25, -0.2) is 0 Å². The van der Waals surface area contributed by atoms with Crippen LogP contribution in [0.5, 0.6) is 0 Å². The Morgan fingerprint density at radius 3 is 2.59 bits per heavy atom. The summed E-state index contributed by atoms with van der Waals surface area (Å²) in [5.74, 6) is 0. The summed E-state index contributed by atoms with van der Waals surface area (Å²) in [4.78, 5) is 2.44. The number of aliphatic hydroxyl groups excluding tert-OH is 1. The zero-order valence-corrected chi connectivity index (χ0v) is 11.3. The van der Waals surface area contributed by atoms with Gasteiger partial charge in [-0.1, -0.05) is 17.7 Å². The molecule has 1 heterocycles. The van der Waals surface area contributed by atoms with Crippen LogP contribution in [0, 0.1) is 13.8 Å². The zero-order chi connectivity index (χ0) is 12.6. The molecule has 1 aromatic rings. The highest BCUT2D eigenvalue weighted by atomic mass is 16.3. The van der Waals surface area contributed by atoms with E-state index in [2.05, 4.69) is 50.8 Å². The SMILES string of the molecule is Cc1ccc(N2CCC(O)CC2(C)C)c(C)c1. The lowest BCUT2D eigenvalue weighted by atomic mass is 9.87. The summed E-state index contributed by atoms with van der Waals surface area (Å²) >= 11 is 0. The van der Waals surface area contributed by atoms with E-state index < -0.39 is 0 Å². The number of benzene rings is 1. The van der Waals surface area contributed by atoms with Gasteiger partial charge in [-0.3, -0.25) is 0 Å². The Bertz CT molecular complexity index is 411. The third-order valence-corrected chi connectivity index (χ3v) is 3.79. The first-order valence-electron chi connectivity index (χ1n) is 6.43. The van der Waals surface area contributed by atoms with Crippen molar-refractivity contribution in [3.63, 3.8) is 0 Å². The topological polar surface area (TPSA) is 23.5 Å². The van der Waals surface area contributed by atoms with E-state index in [0.717, 1.165) is 19.4 Å². The van der Waals surface area contributed by atoms with Crippen molar-refractivity contribution in [1.29, 1.82) is 0 Å². The summed E-state index contributed by atoms with van der Waals surface area (Å²) in [5.41, 5.74) is 3.99. The van der Waals surface area contributed by atoms with Crippen LogP contribution >= 0.6 is 0 Å². The van der Waals surface area contributed by atoms with Crippen LogP contribution in [0.3, 0.4) is 0 Å². The molecule has 1 saturated heterocycles. The third-order valence-electron chi connectivity index (χ3n) is 3.79. The van der Waals surface area contributed by atoms with E-state index in [0.29, 0.717) is 0 Å². The molecule has 1 unspecified atom stereocenters. The summed E-state index contributed by atoms with van der Waals surface area (Å²) in [6, 6.07) is 6.62. The van der Waals surface area contributed by atoms with Crippen LogP contribution in [0.1, 0.15) is 37.8 Å². The molecule has 17 heavy (non-hydrogen) atoms. The molecule has 0 saturated carbocycles. The lowest BCUT2D eigenvalue weighted by Crippen LogP contribution is -2.52. The Kier molecular flexibility index (Phi) is 3.17. The van der Waals surface area contributed by atoms with Gasteiger partial charge in [0.05, 0.1) is 6.10 Å². The molecular weight excluding hydrogens is 210 g/mol. The second-order valence-corrected chi connectivity index (χ2v) is 5.90. The lowest BCUT2D eigenvalue weighted by molar-refractivity contribution is 0.107. The number of piperidine rings is 1. The summed E-state index contributed by atoms with van der Waals surface area (Å²) in [6.45, 7) is 9.67. The predicted octanol–water partition coefficient (Wildman–Crippen LogP) is 3.04. The molecule has 0 spiro atoms. The average molecular weight is 233 g/mol. The molecule has 0 bridgehead atoms. The second-order valence-electron chi connectivity index (χ2n) is 5.90.